The molecule has 0 saturated carbocycles. The second-order valence-corrected chi connectivity index (χ2v) is 4.27. The lowest BCUT2D eigenvalue weighted by molar-refractivity contribution is -0.677. The van der Waals surface area contributed by atoms with Crippen LogP contribution in [0.1, 0.15) is 13.8 Å². The first-order valence-corrected chi connectivity index (χ1v) is 5.28. The van der Waals surface area contributed by atoms with Crippen molar-refractivity contribution in [1.82, 2.24) is 0 Å². The molecule has 2 aromatic rings. The van der Waals surface area contributed by atoms with Gasteiger partial charge in [0.2, 0.25) is 0 Å². The van der Waals surface area contributed by atoms with Crippen molar-refractivity contribution >= 4 is 10.9 Å². The Morgan fingerprint density at radius 3 is 2.67 bits per heavy atom. The lowest BCUT2D eigenvalue weighted by atomic mass is 10.1. The van der Waals surface area contributed by atoms with Gasteiger partial charge in [0, 0.05) is 12.0 Å². The summed E-state index contributed by atoms with van der Waals surface area (Å²) >= 11 is 0. The highest BCUT2D eigenvalue weighted by Gasteiger charge is 2.13. The van der Waals surface area contributed by atoms with Crippen molar-refractivity contribution in [1.29, 1.82) is 0 Å². The van der Waals surface area contributed by atoms with E-state index in [4.69, 9.17) is 0 Å². The van der Waals surface area contributed by atoms with Crippen molar-refractivity contribution in [3.05, 3.63) is 36.5 Å². The van der Waals surface area contributed by atoms with E-state index in [1.807, 2.05) is 30.5 Å². The molecule has 2 heteroatoms. The van der Waals surface area contributed by atoms with Crippen LogP contribution in [0.2, 0.25) is 0 Å². The van der Waals surface area contributed by atoms with Crippen molar-refractivity contribution in [2.75, 3.05) is 0 Å². The number of hydrogen-bond acceptors (Lipinski definition) is 1. The van der Waals surface area contributed by atoms with E-state index in [2.05, 4.69) is 18.4 Å². The Morgan fingerprint density at radius 2 is 1.93 bits per heavy atom. The maximum absolute atomic E-state index is 9.84. The highest BCUT2D eigenvalue weighted by Crippen LogP contribution is 2.20. The minimum atomic E-state index is 0.355. The van der Waals surface area contributed by atoms with E-state index in [9.17, 15) is 5.11 Å². The van der Waals surface area contributed by atoms with E-state index < -0.39 is 0 Å². The van der Waals surface area contributed by atoms with Crippen molar-refractivity contribution in [3.63, 3.8) is 0 Å². The number of aromatic hydroxyl groups is 1. The van der Waals surface area contributed by atoms with Crippen LogP contribution in [-0.2, 0) is 6.54 Å². The molecule has 1 heterocycles. The number of hydrogen-bond donors (Lipinski definition) is 1. The fraction of sp³-hybridized carbons (Fsp3) is 0.308. The SMILES string of the molecule is CC(C)C[n+]1cccc2cccc(O)c21. The summed E-state index contributed by atoms with van der Waals surface area (Å²) in [6, 6.07) is 9.67. The van der Waals surface area contributed by atoms with Gasteiger partial charge in [0.05, 0.1) is 5.39 Å². The van der Waals surface area contributed by atoms with Crippen molar-refractivity contribution in [3.8, 4) is 5.75 Å². The summed E-state index contributed by atoms with van der Waals surface area (Å²) in [6.45, 7) is 5.27. The number of pyridine rings is 1. The second-order valence-electron chi connectivity index (χ2n) is 4.27. The molecule has 0 bridgehead atoms. The van der Waals surface area contributed by atoms with Crippen LogP contribution < -0.4 is 4.57 Å². The van der Waals surface area contributed by atoms with Crippen LogP contribution in [-0.4, -0.2) is 5.11 Å². The van der Waals surface area contributed by atoms with Crippen LogP contribution in [0.4, 0.5) is 0 Å². The molecular weight excluding hydrogens is 186 g/mol. The van der Waals surface area contributed by atoms with Gasteiger partial charge in [-0.2, -0.15) is 4.57 Å². The Kier molecular flexibility index (Phi) is 2.58. The van der Waals surface area contributed by atoms with E-state index in [0.29, 0.717) is 11.7 Å². The highest BCUT2D eigenvalue weighted by atomic mass is 16.3. The lowest BCUT2D eigenvalue weighted by Gasteiger charge is -2.04. The molecule has 1 N–H and O–H groups in total. The van der Waals surface area contributed by atoms with Gasteiger partial charge in [-0.15, -0.1) is 0 Å². The molecule has 0 spiro atoms. The van der Waals surface area contributed by atoms with Crippen LogP contribution in [0, 0.1) is 5.92 Å². The number of benzene rings is 1. The molecule has 15 heavy (non-hydrogen) atoms. The smallest absolute Gasteiger partial charge is 0.254 e. The van der Waals surface area contributed by atoms with Gasteiger partial charge in [0.1, 0.15) is 0 Å². The van der Waals surface area contributed by atoms with Crippen LogP contribution in [0.15, 0.2) is 36.5 Å². The molecule has 1 aromatic carbocycles. The fourth-order valence-corrected chi connectivity index (χ4v) is 1.87. The molecule has 0 saturated heterocycles. The van der Waals surface area contributed by atoms with Gasteiger partial charge < -0.3 is 5.11 Å². The second kappa shape index (κ2) is 3.89. The number of phenols is 1. The number of nitrogens with zero attached hydrogens (tertiary/aromatic N) is 1. The lowest BCUT2D eigenvalue weighted by Crippen LogP contribution is -2.36. The van der Waals surface area contributed by atoms with E-state index in [1.165, 1.54) is 0 Å². The Morgan fingerprint density at radius 1 is 1.20 bits per heavy atom. The van der Waals surface area contributed by atoms with Gasteiger partial charge in [0.25, 0.3) is 5.52 Å². The minimum absolute atomic E-state index is 0.355. The Bertz CT molecular complexity index is 472. The summed E-state index contributed by atoms with van der Waals surface area (Å²) in [4.78, 5) is 0. The summed E-state index contributed by atoms with van der Waals surface area (Å²) in [6.07, 6.45) is 2.02. The first-order chi connectivity index (χ1) is 7.18. The van der Waals surface area contributed by atoms with E-state index in [1.54, 1.807) is 6.07 Å². The molecule has 1 aromatic heterocycles. The quantitative estimate of drug-likeness (QED) is 0.743. The van der Waals surface area contributed by atoms with E-state index in [-0.39, 0.29) is 0 Å². The fourth-order valence-electron chi connectivity index (χ4n) is 1.87. The summed E-state index contributed by atoms with van der Waals surface area (Å²) in [5, 5.41) is 10.9. The van der Waals surface area contributed by atoms with Crippen molar-refractivity contribution in [2.24, 2.45) is 5.92 Å². The molecular formula is C13H16NO+. The zero-order valence-corrected chi connectivity index (χ0v) is 9.14. The molecule has 0 unspecified atom stereocenters. The molecule has 2 rings (SSSR count). The molecule has 78 valence electrons. The minimum Gasteiger partial charge on any atom is -0.502 e. The number of phenolic OH excluding ortho intramolecular Hbond substituents is 1. The molecule has 0 aliphatic rings. The zero-order chi connectivity index (χ0) is 10.8. The zero-order valence-electron chi connectivity index (χ0n) is 9.14. The molecule has 0 radical (unpaired) electrons. The van der Waals surface area contributed by atoms with Crippen LogP contribution >= 0.6 is 0 Å². The predicted octanol–water partition coefficient (Wildman–Crippen LogP) is 2.49. The highest BCUT2D eigenvalue weighted by molar-refractivity contribution is 5.80. The molecule has 0 aliphatic heterocycles. The number of fused-ring (bicyclic) bond motifs is 1. The Labute approximate surface area is 89.8 Å². The average molecular weight is 202 g/mol. The Hall–Kier alpha value is -1.57. The van der Waals surface area contributed by atoms with E-state index >= 15 is 0 Å². The van der Waals surface area contributed by atoms with Crippen molar-refractivity contribution in [2.45, 2.75) is 20.4 Å². The van der Waals surface area contributed by atoms with Gasteiger partial charge in [-0.3, -0.25) is 0 Å². The van der Waals surface area contributed by atoms with Gasteiger partial charge in [-0.25, -0.2) is 0 Å². The third-order valence-corrected chi connectivity index (χ3v) is 2.44. The Balaban J connectivity index is 2.63. The molecule has 0 atom stereocenters. The first kappa shape index (κ1) is 9.97. The van der Waals surface area contributed by atoms with Crippen LogP contribution in [0.25, 0.3) is 10.9 Å². The van der Waals surface area contributed by atoms with Crippen molar-refractivity contribution < 1.29 is 9.67 Å². The molecule has 0 amide bonds. The predicted molar refractivity (Wildman–Crippen MR) is 60.6 cm³/mol. The number of aromatic nitrogens is 1. The number of rotatable bonds is 2. The van der Waals surface area contributed by atoms with Crippen LogP contribution in [0.3, 0.4) is 0 Å². The first-order valence-electron chi connectivity index (χ1n) is 5.28. The largest absolute Gasteiger partial charge is 0.502 e. The van der Waals surface area contributed by atoms with Gasteiger partial charge in [-0.05, 0) is 18.2 Å². The third kappa shape index (κ3) is 1.94. The van der Waals surface area contributed by atoms with E-state index in [0.717, 1.165) is 17.4 Å². The molecule has 0 fully saturated rings. The standard InChI is InChI=1S/C13H15NO/c1-10(2)9-14-8-4-6-11-5-3-7-12(15)13(11)14/h3-8,10H,9H2,1-2H3/p+1. The third-order valence-electron chi connectivity index (χ3n) is 2.44. The monoisotopic (exact) mass is 202 g/mol. The number of para-hydroxylation sites is 1. The van der Waals surface area contributed by atoms with Gasteiger partial charge in [0.15, 0.2) is 18.5 Å². The summed E-state index contributed by atoms with van der Waals surface area (Å²) in [5.74, 6) is 0.925. The average Bonchev–Trinajstić information content (AvgIpc) is 2.17. The van der Waals surface area contributed by atoms with Gasteiger partial charge in [-0.1, -0.05) is 19.9 Å². The molecule has 2 nitrogen and oxygen atoms in total. The maximum Gasteiger partial charge on any atom is 0.254 e. The topological polar surface area (TPSA) is 24.1 Å². The summed E-state index contributed by atoms with van der Waals surface area (Å²) in [7, 11) is 0. The maximum atomic E-state index is 9.84. The summed E-state index contributed by atoms with van der Waals surface area (Å²) < 4.78 is 2.11. The summed E-state index contributed by atoms with van der Waals surface area (Å²) in [5.41, 5.74) is 0.925. The normalized spacial score (nSPS) is 11.1. The van der Waals surface area contributed by atoms with Crippen LogP contribution in [0.5, 0.6) is 5.75 Å². The van der Waals surface area contributed by atoms with Gasteiger partial charge >= 0.3 is 0 Å². The molecule has 0 aliphatic carbocycles.